The van der Waals surface area contributed by atoms with Gasteiger partial charge in [0.25, 0.3) is 5.91 Å². The molecule has 0 saturated carbocycles. The lowest BCUT2D eigenvalue weighted by Crippen LogP contribution is -2.55. The first-order chi connectivity index (χ1) is 12.0. The molecule has 0 bridgehead atoms. The summed E-state index contributed by atoms with van der Waals surface area (Å²) in [5, 5.41) is 5.61. The molecule has 0 aliphatic carbocycles. The Labute approximate surface area is 146 Å². The minimum atomic E-state index is -0.556. The van der Waals surface area contributed by atoms with Crippen LogP contribution in [0, 0.1) is 0 Å². The Morgan fingerprint density at radius 2 is 2.04 bits per heavy atom. The van der Waals surface area contributed by atoms with Crippen molar-refractivity contribution < 1.29 is 14.4 Å². The molecule has 3 amide bonds. The van der Waals surface area contributed by atoms with Crippen molar-refractivity contribution in [2.45, 2.75) is 38.0 Å². The molecule has 4 rings (SSSR count). The number of piperidine rings is 1. The van der Waals surface area contributed by atoms with E-state index in [1.54, 1.807) is 4.90 Å². The fourth-order valence-electron chi connectivity index (χ4n) is 3.78. The zero-order valence-electron chi connectivity index (χ0n) is 14.2. The van der Waals surface area contributed by atoms with Crippen molar-refractivity contribution in [2.75, 3.05) is 20.1 Å². The molecule has 7 heteroatoms. The molecule has 3 aliphatic rings. The molecule has 0 radical (unpaired) electrons. The van der Waals surface area contributed by atoms with Gasteiger partial charge in [-0.3, -0.25) is 24.6 Å². The van der Waals surface area contributed by atoms with Crippen LogP contribution in [0.4, 0.5) is 0 Å². The Balaban J connectivity index is 1.55. The maximum Gasteiger partial charge on any atom is 0.255 e. The predicted octanol–water partition coefficient (Wildman–Crippen LogP) is -0.149. The maximum atomic E-state index is 12.8. The van der Waals surface area contributed by atoms with E-state index in [9.17, 15) is 14.4 Å². The van der Waals surface area contributed by atoms with Crippen molar-refractivity contribution in [1.82, 2.24) is 20.4 Å². The normalized spacial score (nSPS) is 23.7. The highest BCUT2D eigenvalue weighted by Gasteiger charge is 2.39. The molecule has 2 fully saturated rings. The van der Waals surface area contributed by atoms with Gasteiger partial charge in [-0.05, 0) is 30.7 Å². The van der Waals surface area contributed by atoms with Gasteiger partial charge in [0.1, 0.15) is 6.04 Å². The number of carbonyl (C=O) groups is 3. The van der Waals surface area contributed by atoms with Crippen LogP contribution in [0.25, 0.3) is 0 Å². The third-order valence-electron chi connectivity index (χ3n) is 5.48. The number of nitrogens with zero attached hydrogens (tertiary/aromatic N) is 2. The van der Waals surface area contributed by atoms with Crippen LogP contribution >= 0.6 is 0 Å². The van der Waals surface area contributed by atoms with Gasteiger partial charge in [-0.25, -0.2) is 0 Å². The molecule has 1 aromatic carbocycles. The summed E-state index contributed by atoms with van der Waals surface area (Å²) < 4.78 is 0. The van der Waals surface area contributed by atoms with E-state index in [2.05, 4.69) is 28.6 Å². The standard InChI is InChI=1S/C18H22N4O3/c1-21(12-7-19-8-12)9-11-3-2-4-13-14(11)10-22(18(13)25)15-5-6-16(23)20-17(15)24/h2-4,12,15,19H,5-10H2,1H3,(H,20,23,24). The number of hydrogen-bond acceptors (Lipinski definition) is 5. The summed E-state index contributed by atoms with van der Waals surface area (Å²) in [5.41, 5.74) is 2.83. The summed E-state index contributed by atoms with van der Waals surface area (Å²) in [7, 11) is 2.10. The smallest absolute Gasteiger partial charge is 0.255 e. The third kappa shape index (κ3) is 2.83. The molecule has 3 heterocycles. The minimum absolute atomic E-state index is 0.112. The van der Waals surface area contributed by atoms with Crippen LogP contribution in [0.2, 0.25) is 0 Å². The van der Waals surface area contributed by atoms with Gasteiger partial charge in [-0.2, -0.15) is 0 Å². The summed E-state index contributed by atoms with van der Waals surface area (Å²) in [5.74, 6) is -0.738. The van der Waals surface area contributed by atoms with Gasteiger partial charge in [-0.15, -0.1) is 0 Å². The second-order valence-corrected chi connectivity index (χ2v) is 7.07. The zero-order chi connectivity index (χ0) is 17.6. The lowest BCUT2D eigenvalue weighted by atomic mass is 10.0. The number of likely N-dealkylation sites (N-methyl/N-ethyl adjacent to an activating group) is 1. The first kappa shape index (κ1) is 16.2. The average molecular weight is 342 g/mol. The number of benzene rings is 1. The summed E-state index contributed by atoms with van der Waals surface area (Å²) in [6.07, 6.45) is 0.675. The van der Waals surface area contributed by atoms with E-state index >= 15 is 0 Å². The van der Waals surface area contributed by atoms with Crippen LogP contribution in [-0.2, 0) is 22.7 Å². The Morgan fingerprint density at radius 1 is 1.24 bits per heavy atom. The molecule has 25 heavy (non-hydrogen) atoms. The predicted molar refractivity (Wildman–Crippen MR) is 90.6 cm³/mol. The summed E-state index contributed by atoms with van der Waals surface area (Å²) in [6.45, 7) is 3.21. The maximum absolute atomic E-state index is 12.8. The van der Waals surface area contributed by atoms with Gasteiger partial charge in [0, 0.05) is 44.2 Å². The molecule has 2 saturated heterocycles. The van der Waals surface area contributed by atoms with Crippen molar-refractivity contribution in [2.24, 2.45) is 0 Å². The molecule has 1 unspecified atom stereocenters. The van der Waals surface area contributed by atoms with Crippen LogP contribution < -0.4 is 10.6 Å². The molecule has 0 spiro atoms. The lowest BCUT2D eigenvalue weighted by Gasteiger charge is -2.36. The highest BCUT2D eigenvalue weighted by molar-refractivity contribution is 6.05. The van der Waals surface area contributed by atoms with E-state index in [-0.39, 0.29) is 24.1 Å². The van der Waals surface area contributed by atoms with Crippen molar-refractivity contribution >= 4 is 17.7 Å². The van der Waals surface area contributed by atoms with Gasteiger partial charge in [0.05, 0.1) is 0 Å². The van der Waals surface area contributed by atoms with Crippen molar-refractivity contribution in [3.63, 3.8) is 0 Å². The van der Waals surface area contributed by atoms with Gasteiger partial charge in [0.2, 0.25) is 11.8 Å². The number of carbonyl (C=O) groups excluding carboxylic acids is 3. The Bertz CT molecular complexity index is 744. The van der Waals surface area contributed by atoms with Gasteiger partial charge >= 0.3 is 0 Å². The Hall–Kier alpha value is -2.25. The zero-order valence-corrected chi connectivity index (χ0v) is 14.2. The number of fused-ring (bicyclic) bond motifs is 1. The molecule has 132 valence electrons. The topological polar surface area (TPSA) is 81.8 Å². The summed E-state index contributed by atoms with van der Waals surface area (Å²) in [6, 6.07) is 5.77. The van der Waals surface area contributed by atoms with E-state index in [4.69, 9.17) is 0 Å². The van der Waals surface area contributed by atoms with Crippen LogP contribution in [-0.4, -0.2) is 59.7 Å². The molecule has 1 atom stereocenters. The molecule has 3 aliphatic heterocycles. The summed E-state index contributed by atoms with van der Waals surface area (Å²) >= 11 is 0. The van der Waals surface area contributed by atoms with Crippen LogP contribution in [0.15, 0.2) is 18.2 Å². The fourth-order valence-corrected chi connectivity index (χ4v) is 3.78. The molecule has 2 N–H and O–H groups in total. The van der Waals surface area contributed by atoms with Crippen LogP contribution in [0.3, 0.4) is 0 Å². The summed E-state index contributed by atoms with van der Waals surface area (Å²) in [4.78, 5) is 40.2. The highest BCUT2D eigenvalue weighted by Crippen LogP contribution is 2.30. The first-order valence-corrected chi connectivity index (χ1v) is 8.71. The number of hydrogen-bond donors (Lipinski definition) is 2. The lowest BCUT2D eigenvalue weighted by molar-refractivity contribution is -0.136. The number of nitrogens with one attached hydrogen (secondary N) is 2. The van der Waals surface area contributed by atoms with E-state index in [1.165, 1.54) is 0 Å². The van der Waals surface area contributed by atoms with Gasteiger partial charge in [0.15, 0.2) is 0 Å². The van der Waals surface area contributed by atoms with Gasteiger partial charge < -0.3 is 10.2 Å². The highest BCUT2D eigenvalue weighted by atomic mass is 16.2. The largest absolute Gasteiger partial charge is 0.322 e. The number of rotatable bonds is 4. The van der Waals surface area contributed by atoms with Crippen molar-refractivity contribution in [3.8, 4) is 0 Å². The first-order valence-electron chi connectivity index (χ1n) is 8.71. The van der Waals surface area contributed by atoms with Gasteiger partial charge in [-0.1, -0.05) is 12.1 Å². The Morgan fingerprint density at radius 3 is 2.72 bits per heavy atom. The second kappa shape index (κ2) is 6.24. The van der Waals surface area contributed by atoms with Crippen LogP contribution in [0.1, 0.15) is 34.3 Å². The monoisotopic (exact) mass is 342 g/mol. The quantitative estimate of drug-likeness (QED) is 0.744. The van der Waals surface area contributed by atoms with Crippen molar-refractivity contribution in [1.29, 1.82) is 0 Å². The molecular formula is C18H22N4O3. The SMILES string of the molecule is CN(Cc1cccc2c1CN(C1CCC(=O)NC1=O)C2=O)C1CNC1. The van der Waals surface area contributed by atoms with E-state index in [1.807, 2.05) is 12.1 Å². The molecular weight excluding hydrogens is 320 g/mol. The van der Waals surface area contributed by atoms with E-state index < -0.39 is 6.04 Å². The Kier molecular flexibility index (Phi) is 4.05. The molecule has 1 aromatic rings. The minimum Gasteiger partial charge on any atom is -0.322 e. The van der Waals surface area contributed by atoms with Crippen LogP contribution in [0.5, 0.6) is 0 Å². The average Bonchev–Trinajstić information content (AvgIpc) is 2.84. The molecule has 0 aromatic heterocycles. The van der Waals surface area contributed by atoms with Crippen molar-refractivity contribution in [3.05, 3.63) is 34.9 Å². The third-order valence-corrected chi connectivity index (χ3v) is 5.48. The van der Waals surface area contributed by atoms with E-state index in [0.717, 1.165) is 30.8 Å². The fraction of sp³-hybridized carbons (Fsp3) is 0.500. The number of imide groups is 1. The number of amides is 3. The second-order valence-electron chi connectivity index (χ2n) is 7.07. The van der Waals surface area contributed by atoms with E-state index in [0.29, 0.717) is 24.6 Å². The molecule has 7 nitrogen and oxygen atoms in total.